The monoisotopic (exact) mass is 756 g/mol. The van der Waals surface area contributed by atoms with Crippen molar-refractivity contribution in [2.75, 3.05) is 0 Å². The van der Waals surface area contributed by atoms with Gasteiger partial charge in [0.05, 0.1) is 11.1 Å². The standard InChI is InChI=1S/C32H8F16N2O2/c33-22-3-11(1-20(27(22)35)29(37,38)39)14-5-16-17-6-15(12-2-21(30(40,41)42)28(36)23(34)4-12)25(52-32(46,47)48)8-19(17)26(13(9-49)10-50)18(16)7-24(14)51-31(43,44)45/h1-8H. The predicted octanol–water partition coefficient (Wildman–Crippen LogP) is 11.2. The number of nitriles is 2. The molecule has 0 spiro atoms. The Hall–Kier alpha value is -5.92. The molecule has 1 aliphatic rings. The van der Waals surface area contributed by atoms with Gasteiger partial charge in [-0.25, -0.2) is 17.6 Å². The van der Waals surface area contributed by atoms with Crippen molar-refractivity contribution in [2.45, 2.75) is 25.1 Å². The van der Waals surface area contributed by atoms with E-state index in [4.69, 9.17) is 0 Å². The Labute approximate surface area is 277 Å². The topological polar surface area (TPSA) is 66.0 Å². The third-order valence-corrected chi connectivity index (χ3v) is 7.28. The summed E-state index contributed by atoms with van der Waals surface area (Å²) in [5.41, 5.74) is -13.3. The molecule has 0 aromatic heterocycles. The summed E-state index contributed by atoms with van der Waals surface area (Å²) >= 11 is 0. The zero-order valence-electron chi connectivity index (χ0n) is 24.4. The molecular weight excluding hydrogens is 748 g/mol. The quantitative estimate of drug-likeness (QED) is 0.135. The Morgan fingerprint density at radius 1 is 0.462 bits per heavy atom. The van der Waals surface area contributed by atoms with Crippen LogP contribution in [0.25, 0.3) is 39.0 Å². The summed E-state index contributed by atoms with van der Waals surface area (Å²) < 4.78 is 228. The van der Waals surface area contributed by atoms with E-state index in [0.717, 1.165) is 0 Å². The van der Waals surface area contributed by atoms with E-state index < -0.39 is 127 Å². The highest BCUT2D eigenvalue weighted by Crippen LogP contribution is 2.54. The fourth-order valence-corrected chi connectivity index (χ4v) is 5.34. The Morgan fingerprint density at radius 2 is 0.808 bits per heavy atom. The normalized spacial score (nSPS) is 12.9. The van der Waals surface area contributed by atoms with Crippen LogP contribution in [-0.4, -0.2) is 12.7 Å². The fourth-order valence-electron chi connectivity index (χ4n) is 5.34. The summed E-state index contributed by atoms with van der Waals surface area (Å²) in [7, 11) is 0. The van der Waals surface area contributed by atoms with Crippen LogP contribution in [0.3, 0.4) is 0 Å². The smallest absolute Gasteiger partial charge is 0.405 e. The van der Waals surface area contributed by atoms with Crippen molar-refractivity contribution in [3.8, 4) is 57.0 Å². The van der Waals surface area contributed by atoms with Gasteiger partial charge in [-0.15, -0.1) is 26.3 Å². The van der Waals surface area contributed by atoms with Gasteiger partial charge in [0.2, 0.25) is 0 Å². The maximum atomic E-state index is 14.4. The average molecular weight is 756 g/mol. The molecule has 5 rings (SSSR count). The summed E-state index contributed by atoms with van der Waals surface area (Å²) in [6, 6.07) is 4.24. The van der Waals surface area contributed by atoms with Crippen LogP contribution in [0.5, 0.6) is 11.5 Å². The molecule has 0 radical (unpaired) electrons. The molecular formula is C32H8F16N2O2. The van der Waals surface area contributed by atoms with Gasteiger partial charge in [-0.2, -0.15) is 36.9 Å². The Balaban J connectivity index is 1.95. The lowest BCUT2D eigenvalue weighted by atomic mass is 9.93. The van der Waals surface area contributed by atoms with Crippen molar-refractivity contribution in [1.29, 1.82) is 10.5 Å². The number of halogens is 16. The number of hydrogen-bond acceptors (Lipinski definition) is 4. The van der Waals surface area contributed by atoms with Crippen molar-refractivity contribution < 1.29 is 79.7 Å². The largest absolute Gasteiger partial charge is 0.573 e. The van der Waals surface area contributed by atoms with Gasteiger partial charge in [0.25, 0.3) is 0 Å². The zero-order chi connectivity index (χ0) is 38.9. The molecule has 0 unspecified atom stereocenters. The van der Waals surface area contributed by atoms with Gasteiger partial charge in [-0.05, 0) is 81.9 Å². The van der Waals surface area contributed by atoms with Crippen molar-refractivity contribution in [3.05, 3.63) is 99.6 Å². The third-order valence-electron chi connectivity index (χ3n) is 7.28. The van der Waals surface area contributed by atoms with Crippen LogP contribution >= 0.6 is 0 Å². The first-order valence-electron chi connectivity index (χ1n) is 13.4. The number of benzene rings is 4. The van der Waals surface area contributed by atoms with Crippen molar-refractivity contribution in [1.82, 2.24) is 0 Å². The Kier molecular flexibility index (Phi) is 8.90. The zero-order valence-corrected chi connectivity index (χ0v) is 24.4. The lowest BCUT2D eigenvalue weighted by molar-refractivity contribution is -0.275. The number of allylic oxidation sites excluding steroid dienone is 1. The molecule has 0 fully saturated rings. The van der Waals surface area contributed by atoms with Gasteiger partial charge in [0, 0.05) is 16.7 Å². The molecule has 4 aromatic carbocycles. The first-order valence-corrected chi connectivity index (χ1v) is 13.4. The van der Waals surface area contributed by atoms with E-state index in [0.29, 0.717) is 24.3 Å². The first kappa shape index (κ1) is 37.3. The molecule has 20 heteroatoms. The minimum atomic E-state index is -5.67. The highest BCUT2D eigenvalue weighted by molar-refractivity contribution is 6.07. The van der Waals surface area contributed by atoms with Gasteiger partial charge in [0.1, 0.15) is 29.2 Å². The van der Waals surface area contributed by atoms with Crippen LogP contribution < -0.4 is 9.47 Å². The number of ether oxygens (including phenoxy) is 2. The summed E-state index contributed by atoms with van der Waals surface area (Å²) in [5.74, 6) is -12.3. The molecule has 0 amide bonds. The lowest BCUT2D eigenvalue weighted by Crippen LogP contribution is -2.18. The second kappa shape index (κ2) is 12.4. The number of rotatable bonds is 4. The molecule has 0 heterocycles. The van der Waals surface area contributed by atoms with Crippen LogP contribution in [0, 0.1) is 45.9 Å². The van der Waals surface area contributed by atoms with E-state index in [1.165, 1.54) is 12.1 Å². The maximum Gasteiger partial charge on any atom is 0.573 e. The molecule has 0 aliphatic heterocycles. The second-order valence-electron chi connectivity index (χ2n) is 10.5. The van der Waals surface area contributed by atoms with Gasteiger partial charge in [-0.1, -0.05) is 0 Å². The van der Waals surface area contributed by atoms with Crippen molar-refractivity contribution in [3.63, 3.8) is 0 Å². The summed E-state index contributed by atoms with van der Waals surface area (Å²) in [4.78, 5) is 0. The van der Waals surface area contributed by atoms with Gasteiger partial charge in [-0.3, -0.25) is 0 Å². The number of fused-ring (bicyclic) bond motifs is 3. The maximum absolute atomic E-state index is 14.4. The van der Waals surface area contributed by atoms with Gasteiger partial charge < -0.3 is 9.47 Å². The minimum Gasteiger partial charge on any atom is -0.405 e. The molecule has 4 nitrogen and oxygen atoms in total. The summed E-state index contributed by atoms with van der Waals surface area (Å²) in [6.07, 6.45) is -22.6. The second-order valence-corrected chi connectivity index (χ2v) is 10.5. The molecule has 0 saturated heterocycles. The van der Waals surface area contributed by atoms with E-state index in [-0.39, 0.29) is 24.3 Å². The number of hydrogen-bond donors (Lipinski definition) is 0. The van der Waals surface area contributed by atoms with E-state index >= 15 is 0 Å². The molecule has 0 saturated carbocycles. The van der Waals surface area contributed by atoms with Crippen molar-refractivity contribution in [2.24, 2.45) is 0 Å². The molecule has 1 aliphatic carbocycles. The van der Waals surface area contributed by atoms with Crippen LogP contribution in [0.15, 0.2) is 54.1 Å². The van der Waals surface area contributed by atoms with E-state index in [1.54, 1.807) is 0 Å². The van der Waals surface area contributed by atoms with E-state index in [9.17, 15) is 80.8 Å². The molecule has 0 atom stereocenters. The van der Waals surface area contributed by atoms with Crippen LogP contribution in [0.1, 0.15) is 22.3 Å². The minimum absolute atomic E-state index is 0.0315. The summed E-state index contributed by atoms with van der Waals surface area (Å²) in [5, 5.41) is 19.2. The Morgan fingerprint density at radius 3 is 1.10 bits per heavy atom. The number of nitrogens with zero attached hydrogens (tertiary/aromatic N) is 2. The SMILES string of the molecule is N#CC(C#N)=C1c2cc(OC(F)(F)F)c(-c3cc(F)c(F)c(C(F)(F)F)c3)cc2-c2cc(-c3cc(F)c(F)c(C(F)(F)F)c3)c(OC(F)(F)F)cc21. The third kappa shape index (κ3) is 7.00. The first-order chi connectivity index (χ1) is 23.8. The van der Waals surface area contributed by atoms with Crippen LogP contribution in [0.2, 0.25) is 0 Å². The molecule has 270 valence electrons. The average Bonchev–Trinajstić information content (AvgIpc) is 3.28. The highest BCUT2D eigenvalue weighted by atomic mass is 19.4. The van der Waals surface area contributed by atoms with Crippen LogP contribution in [0.4, 0.5) is 70.2 Å². The molecule has 0 bridgehead atoms. The highest BCUT2D eigenvalue weighted by Gasteiger charge is 2.41. The van der Waals surface area contributed by atoms with Gasteiger partial charge >= 0.3 is 25.1 Å². The fraction of sp³-hybridized carbons (Fsp3) is 0.125. The predicted molar refractivity (Wildman–Crippen MR) is 143 cm³/mol. The lowest BCUT2D eigenvalue weighted by Gasteiger charge is -2.18. The number of alkyl halides is 12. The van der Waals surface area contributed by atoms with Gasteiger partial charge in [0.15, 0.2) is 23.3 Å². The molecule has 0 N–H and O–H groups in total. The summed E-state index contributed by atoms with van der Waals surface area (Å²) in [6.45, 7) is 0. The van der Waals surface area contributed by atoms with E-state index in [2.05, 4.69) is 9.47 Å². The molecule has 4 aromatic rings. The van der Waals surface area contributed by atoms with Crippen LogP contribution in [-0.2, 0) is 12.4 Å². The van der Waals surface area contributed by atoms with E-state index in [1.807, 2.05) is 0 Å². The van der Waals surface area contributed by atoms with Crippen molar-refractivity contribution >= 4 is 5.57 Å². The molecule has 52 heavy (non-hydrogen) atoms. The Bertz CT molecular complexity index is 2110.